The number of fused-ring (bicyclic) bond motifs is 2. The maximum Gasteiger partial charge on any atom is 0.332 e. The summed E-state index contributed by atoms with van der Waals surface area (Å²) in [4.78, 5) is 21.7. The molecule has 4 aliphatic carbocycles. The average Bonchev–Trinajstić information content (AvgIpc) is 3.03. The molecule has 4 saturated carbocycles. The molecule has 0 saturated heterocycles. The molecule has 0 heterocycles. The fourth-order valence-corrected chi connectivity index (χ4v) is 5.42. The lowest BCUT2D eigenvalue weighted by atomic mass is 9.79. The summed E-state index contributed by atoms with van der Waals surface area (Å²) in [6.07, 6.45) is 3.10. The number of hydrazone groups is 2. The Morgan fingerprint density at radius 3 is 1.67 bits per heavy atom. The molecule has 0 aromatic heterocycles. The highest BCUT2D eigenvalue weighted by atomic mass is 16.2. The SMILES string of the molecule is NC(=O)N/N=C1/C[C@@H]2[C@@H]3C/C(=N\NC(N)=O)[C@H]4[C@@H]3C[C@@H]2[C@H]14. The quantitative estimate of drug-likeness (QED) is 0.531. The first-order valence-electron chi connectivity index (χ1n) is 7.30. The monoisotopic (exact) mass is 290 g/mol. The summed E-state index contributed by atoms with van der Waals surface area (Å²) in [7, 11) is 0. The smallest absolute Gasteiger partial charge is 0.332 e. The Morgan fingerprint density at radius 2 is 1.29 bits per heavy atom. The van der Waals surface area contributed by atoms with Crippen LogP contribution < -0.4 is 22.3 Å². The van der Waals surface area contributed by atoms with Crippen LogP contribution in [0.25, 0.3) is 0 Å². The first kappa shape index (κ1) is 12.6. The molecule has 0 spiro atoms. The van der Waals surface area contributed by atoms with Gasteiger partial charge in [0.05, 0.1) is 0 Å². The van der Waals surface area contributed by atoms with E-state index in [1.807, 2.05) is 0 Å². The molecular formula is C13H18N6O2. The highest BCUT2D eigenvalue weighted by Gasteiger charge is 2.67. The van der Waals surface area contributed by atoms with Gasteiger partial charge in [-0.1, -0.05) is 0 Å². The van der Waals surface area contributed by atoms with E-state index in [9.17, 15) is 9.59 Å². The van der Waals surface area contributed by atoms with Gasteiger partial charge in [-0.25, -0.2) is 20.4 Å². The molecule has 0 radical (unpaired) electrons. The molecule has 4 fully saturated rings. The van der Waals surface area contributed by atoms with Crippen LogP contribution in [0.2, 0.25) is 0 Å². The van der Waals surface area contributed by atoms with E-state index in [1.54, 1.807) is 0 Å². The van der Waals surface area contributed by atoms with Gasteiger partial charge in [-0.2, -0.15) is 10.2 Å². The second-order valence-electron chi connectivity index (χ2n) is 6.51. The van der Waals surface area contributed by atoms with Gasteiger partial charge >= 0.3 is 12.1 Å². The molecule has 0 unspecified atom stereocenters. The molecule has 6 N–H and O–H groups in total. The zero-order valence-electron chi connectivity index (χ0n) is 11.5. The lowest BCUT2D eigenvalue weighted by Crippen LogP contribution is -2.32. The van der Waals surface area contributed by atoms with E-state index in [4.69, 9.17) is 11.5 Å². The molecule has 8 heteroatoms. The van der Waals surface area contributed by atoms with E-state index in [0.717, 1.165) is 24.3 Å². The van der Waals surface area contributed by atoms with Crippen molar-refractivity contribution in [2.45, 2.75) is 19.3 Å². The predicted molar refractivity (Wildman–Crippen MR) is 75.1 cm³/mol. The van der Waals surface area contributed by atoms with Crippen molar-refractivity contribution in [2.75, 3.05) is 0 Å². The Morgan fingerprint density at radius 1 is 0.857 bits per heavy atom. The number of carbonyl (C=O) groups excluding carboxylic acids is 2. The van der Waals surface area contributed by atoms with Crippen LogP contribution in [-0.2, 0) is 0 Å². The van der Waals surface area contributed by atoms with Crippen molar-refractivity contribution in [1.29, 1.82) is 0 Å². The van der Waals surface area contributed by atoms with Gasteiger partial charge in [0, 0.05) is 23.3 Å². The molecule has 6 atom stereocenters. The lowest BCUT2D eigenvalue weighted by molar-refractivity contribution is 0.241. The van der Waals surface area contributed by atoms with Crippen molar-refractivity contribution in [3.8, 4) is 0 Å². The van der Waals surface area contributed by atoms with E-state index < -0.39 is 12.1 Å². The van der Waals surface area contributed by atoms with Crippen LogP contribution >= 0.6 is 0 Å². The summed E-state index contributed by atoms with van der Waals surface area (Å²) >= 11 is 0. The topological polar surface area (TPSA) is 135 Å². The number of primary amides is 2. The Balaban J connectivity index is 1.63. The lowest BCUT2D eigenvalue weighted by Gasteiger charge is -2.24. The summed E-state index contributed by atoms with van der Waals surface area (Å²) in [5.41, 5.74) is 17.0. The molecule has 4 amide bonds. The number of amides is 4. The van der Waals surface area contributed by atoms with Gasteiger partial charge in [0.25, 0.3) is 0 Å². The summed E-state index contributed by atoms with van der Waals surface area (Å²) in [6, 6.07) is -1.27. The van der Waals surface area contributed by atoms with Crippen molar-refractivity contribution < 1.29 is 9.59 Å². The number of nitrogens with zero attached hydrogens (tertiary/aromatic N) is 2. The maximum absolute atomic E-state index is 10.9. The van der Waals surface area contributed by atoms with Crippen LogP contribution in [0.5, 0.6) is 0 Å². The van der Waals surface area contributed by atoms with Crippen LogP contribution in [-0.4, -0.2) is 23.5 Å². The number of urea groups is 2. The van der Waals surface area contributed by atoms with E-state index in [2.05, 4.69) is 21.1 Å². The Labute approximate surface area is 121 Å². The number of hydrogen-bond acceptors (Lipinski definition) is 4. The minimum atomic E-state index is -0.634. The van der Waals surface area contributed by atoms with Gasteiger partial charge in [-0.3, -0.25) is 0 Å². The fraction of sp³-hybridized carbons (Fsp3) is 0.692. The minimum absolute atomic E-state index is 0.332. The zero-order valence-corrected chi connectivity index (χ0v) is 11.5. The Bertz CT molecular complexity index is 531. The third-order valence-corrected chi connectivity index (χ3v) is 5.78. The van der Waals surface area contributed by atoms with E-state index in [0.29, 0.717) is 35.5 Å². The van der Waals surface area contributed by atoms with Crippen molar-refractivity contribution >= 4 is 23.5 Å². The second kappa shape index (κ2) is 4.19. The maximum atomic E-state index is 10.9. The minimum Gasteiger partial charge on any atom is -0.350 e. The number of nitrogens with two attached hydrogens (primary N) is 2. The summed E-state index contributed by atoms with van der Waals surface area (Å²) in [6.45, 7) is 0. The van der Waals surface area contributed by atoms with Gasteiger partial charge in [0.2, 0.25) is 0 Å². The number of hydrogen-bond donors (Lipinski definition) is 4. The van der Waals surface area contributed by atoms with E-state index in [-0.39, 0.29) is 0 Å². The third-order valence-electron chi connectivity index (χ3n) is 5.78. The normalized spacial score (nSPS) is 45.5. The highest BCUT2D eigenvalue weighted by Crippen LogP contribution is 2.68. The number of nitrogens with one attached hydrogen (secondary N) is 2. The van der Waals surface area contributed by atoms with E-state index >= 15 is 0 Å². The van der Waals surface area contributed by atoms with Crippen molar-refractivity contribution in [3.05, 3.63) is 0 Å². The third kappa shape index (κ3) is 1.68. The van der Waals surface area contributed by atoms with Crippen LogP contribution in [0.1, 0.15) is 19.3 Å². The average molecular weight is 290 g/mol. The molecule has 21 heavy (non-hydrogen) atoms. The molecular weight excluding hydrogens is 272 g/mol. The molecule has 0 aliphatic heterocycles. The number of rotatable bonds is 2. The van der Waals surface area contributed by atoms with Crippen molar-refractivity contribution in [1.82, 2.24) is 10.9 Å². The van der Waals surface area contributed by atoms with Crippen LogP contribution in [0.3, 0.4) is 0 Å². The Kier molecular flexibility index (Phi) is 2.51. The fourth-order valence-electron chi connectivity index (χ4n) is 5.42. The predicted octanol–water partition coefficient (Wildman–Crippen LogP) is -0.0431. The standard InChI is InChI=1S/C13H18N6O2/c14-12(20)18-16-8-2-4-5-3-9(17-19-13(15)21)11-7(5)1-6(4)10(8)11/h4-7,10-11H,1-3H2,(H3,14,18,20)(H3,15,19,21)/b16-8-,17-9+/t4-,5+,6+,7-,10-,11-/m1/s1. The summed E-state index contributed by atoms with van der Waals surface area (Å²) in [5, 5.41) is 8.43. The summed E-state index contributed by atoms with van der Waals surface area (Å²) in [5.74, 6) is 3.20. The molecule has 4 aliphatic rings. The second-order valence-corrected chi connectivity index (χ2v) is 6.51. The molecule has 0 aromatic carbocycles. The van der Waals surface area contributed by atoms with Gasteiger partial charge in [-0.15, -0.1) is 0 Å². The number of carbonyl (C=O) groups is 2. The highest BCUT2D eigenvalue weighted by molar-refractivity contribution is 6.01. The van der Waals surface area contributed by atoms with Crippen molar-refractivity contribution in [3.63, 3.8) is 0 Å². The van der Waals surface area contributed by atoms with Gasteiger partial charge in [0.1, 0.15) is 0 Å². The summed E-state index contributed by atoms with van der Waals surface area (Å²) < 4.78 is 0. The molecule has 0 aromatic rings. The van der Waals surface area contributed by atoms with Gasteiger partial charge in [-0.05, 0) is 42.9 Å². The molecule has 8 nitrogen and oxygen atoms in total. The first-order chi connectivity index (χ1) is 10.1. The van der Waals surface area contributed by atoms with Crippen LogP contribution in [0.15, 0.2) is 10.2 Å². The van der Waals surface area contributed by atoms with E-state index in [1.165, 1.54) is 6.42 Å². The first-order valence-corrected chi connectivity index (χ1v) is 7.30. The van der Waals surface area contributed by atoms with Crippen LogP contribution in [0.4, 0.5) is 9.59 Å². The molecule has 112 valence electrons. The van der Waals surface area contributed by atoms with Gasteiger partial charge in [0.15, 0.2) is 0 Å². The largest absolute Gasteiger partial charge is 0.350 e. The Hall–Kier alpha value is -2.12. The molecule has 4 rings (SSSR count). The van der Waals surface area contributed by atoms with Gasteiger partial charge < -0.3 is 11.5 Å². The zero-order chi connectivity index (χ0) is 14.7. The van der Waals surface area contributed by atoms with Crippen LogP contribution in [0, 0.1) is 35.5 Å². The van der Waals surface area contributed by atoms with Crippen molar-refractivity contribution in [2.24, 2.45) is 57.2 Å². The molecule has 2 bridgehead atoms.